The Hall–Kier alpha value is -2.04. The van der Waals surface area contributed by atoms with Crippen molar-refractivity contribution in [3.63, 3.8) is 0 Å². The second kappa shape index (κ2) is 9.82. The molecule has 1 rings (SSSR count). The van der Waals surface area contributed by atoms with Crippen LogP contribution in [0.15, 0.2) is 29.3 Å². The Morgan fingerprint density at radius 3 is 2.59 bits per heavy atom. The van der Waals surface area contributed by atoms with E-state index in [0.29, 0.717) is 19.0 Å². The lowest BCUT2D eigenvalue weighted by atomic mass is 10.00. The molecule has 1 unspecified atom stereocenters. The number of hydrogen-bond donors (Lipinski definition) is 3. The van der Waals surface area contributed by atoms with Gasteiger partial charge < -0.3 is 16.0 Å². The van der Waals surface area contributed by atoms with E-state index in [1.54, 1.807) is 0 Å². The maximum Gasteiger partial charge on any atom is 0.216 e. The zero-order valence-corrected chi connectivity index (χ0v) is 14.1. The Morgan fingerprint density at radius 1 is 1.23 bits per heavy atom. The molecule has 1 aromatic rings. The monoisotopic (exact) mass is 304 g/mol. The van der Waals surface area contributed by atoms with E-state index in [2.05, 4.69) is 59.1 Å². The Morgan fingerprint density at radius 2 is 1.95 bits per heavy atom. The third-order valence-corrected chi connectivity index (χ3v) is 3.27. The van der Waals surface area contributed by atoms with Crippen LogP contribution in [0.5, 0.6) is 0 Å². The van der Waals surface area contributed by atoms with Crippen LogP contribution >= 0.6 is 0 Å². The van der Waals surface area contributed by atoms with Crippen LogP contribution in [0.1, 0.15) is 37.8 Å². The molecule has 1 aromatic carbocycles. The predicted molar refractivity (Wildman–Crippen MR) is 92.3 cm³/mol. The van der Waals surface area contributed by atoms with E-state index in [-0.39, 0.29) is 5.91 Å². The summed E-state index contributed by atoms with van der Waals surface area (Å²) in [4.78, 5) is 15.4. The lowest BCUT2D eigenvalue weighted by Crippen LogP contribution is -2.41. The maximum atomic E-state index is 10.8. The summed E-state index contributed by atoms with van der Waals surface area (Å²) >= 11 is 0. The number of carbonyl (C=O) groups excluding carboxylic acids is 1. The maximum absolute atomic E-state index is 10.8. The van der Waals surface area contributed by atoms with E-state index in [1.807, 2.05) is 6.92 Å². The molecule has 0 aromatic heterocycles. The summed E-state index contributed by atoms with van der Waals surface area (Å²) in [7, 11) is 0. The highest BCUT2D eigenvalue weighted by Gasteiger charge is 2.05. The third-order valence-electron chi connectivity index (χ3n) is 3.27. The normalized spacial score (nSPS) is 12.6. The van der Waals surface area contributed by atoms with Crippen LogP contribution in [0.2, 0.25) is 0 Å². The Bertz CT molecular complexity index is 499. The van der Waals surface area contributed by atoms with Crippen molar-refractivity contribution in [1.29, 1.82) is 0 Å². The molecule has 0 fully saturated rings. The number of hydrogen-bond acceptors (Lipinski definition) is 2. The zero-order valence-electron chi connectivity index (χ0n) is 14.1. The van der Waals surface area contributed by atoms with Gasteiger partial charge in [-0.25, -0.2) is 0 Å². The average molecular weight is 304 g/mol. The van der Waals surface area contributed by atoms with Crippen molar-refractivity contribution in [3.05, 3.63) is 35.4 Å². The summed E-state index contributed by atoms with van der Waals surface area (Å²) in [5.41, 5.74) is 2.58. The van der Waals surface area contributed by atoms with E-state index in [1.165, 1.54) is 18.1 Å². The summed E-state index contributed by atoms with van der Waals surface area (Å²) in [6, 6.07) is 8.54. The van der Waals surface area contributed by atoms with Crippen molar-refractivity contribution in [2.45, 2.75) is 33.6 Å². The van der Waals surface area contributed by atoms with E-state index in [9.17, 15) is 4.79 Å². The van der Waals surface area contributed by atoms with Gasteiger partial charge in [0.25, 0.3) is 0 Å². The van der Waals surface area contributed by atoms with Crippen LogP contribution in [0.4, 0.5) is 0 Å². The van der Waals surface area contributed by atoms with Gasteiger partial charge in [0.1, 0.15) is 0 Å². The summed E-state index contributed by atoms with van der Waals surface area (Å²) in [6.45, 7) is 10.6. The average Bonchev–Trinajstić information content (AvgIpc) is 2.48. The van der Waals surface area contributed by atoms with E-state index in [0.717, 1.165) is 19.0 Å². The number of rotatable bonds is 7. The molecule has 5 heteroatoms. The van der Waals surface area contributed by atoms with Gasteiger partial charge in [0, 0.05) is 39.0 Å². The minimum absolute atomic E-state index is 0.0168. The number of aliphatic imine (C=N–C) groups is 1. The molecule has 1 atom stereocenters. The number of benzene rings is 1. The molecule has 3 N–H and O–H groups in total. The van der Waals surface area contributed by atoms with Crippen molar-refractivity contribution in [2.75, 3.05) is 26.2 Å². The Balaban J connectivity index is 2.51. The third kappa shape index (κ3) is 7.11. The number of carbonyl (C=O) groups is 1. The lowest BCUT2D eigenvalue weighted by molar-refractivity contribution is -0.118. The summed E-state index contributed by atoms with van der Waals surface area (Å²) in [6.07, 6.45) is 0. The van der Waals surface area contributed by atoms with Crippen LogP contribution in [-0.4, -0.2) is 38.0 Å². The van der Waals surface area contributed by atoms with Crippen molar-refractivity contribution in [1.82, 2.24) is 16.0 Å². The van der Waals surface area contributed by atoms with E-state index >= 15 is 0 Å². The molecule has 5 nitrogen and oxygen atoms in total. The van der Waals surface area contributed by atoms with Gasteiger partial charge in [0.05, 0.1) is 0 Å². The fourth-order valence-electron chi connectivity index (χ4n) is 2.07. The molecule has 1 amide bonds. The number of aryl methyl sites for hydroxylation is 1. The van der Waals surface area contributed by atoms with Crippen LogP contribution in [0.25, 0.3) is 0 Å². The standard InChI is InChI=1S/C17H28N4O/c1-5-18-17(20-10-9-19-15(4)22)21-12-14(3)16-8-6-7-13(2)11-16/h6-8,11,14H,5,9-10,12H2,1-4H3,(H,19,22)(H2,18,20,21). The largest absolute Gasteiger partial charge is 0.357 e. The highest BCUT2D eigenvalue weighted by molar-refractivity contribution is 5.79. The highest BCUT2D eigenvalue weighted by atomic mass is 16.1. The van der Waals surface area contributed by atoms with Gasteiger partial charge in [0.2, 0.25) is 5.91 Å². The molecule has 0 saturated carbocycles. The van der Waals surface area contributed by atoms with Crippen molar-refractivity contribution in [3.8, 4) is 0 Å². The first-order chi connectivity index (χ1) is 10.5. The first kappa shape index (κ1) is 18.0. The van der Waals surface area contributed by atoms with Crippen LogP contribution in [0, 0.1) is 6.92 Å². The van der Waals surface area contributed by atoms with Gasteiger partial charge in [-0.2, -0.15) is 0 Å². The Kier molecular flexibility index (Phi) is 8.04. The van der Waals surface area contributed by atoms with Crippen LogP contribution in [0.3, 0.4) is 0 Å². The van der Waals surface area contributed by atoms with Crippen molar-refractivity contribution in [2.24, 2.45) is 4.99 Å². The molecule has 0 aliphatic carbocycles. The minimum Gasteiger partial charge on any atom is -0.357 e. The number of guanidine groups is 1. The van der Waals surface area contributed by atoms with Crippen LogP contribution < -0.4 is 16.0 Å². The second-order valence-electron chi connectivity index (χ2n) is 5.44. The molecule has 0 heterocycles. The van der Waals surface area contributed by atoms with E-state index in [4.69, 9.17) is 0 Å². The number of amides is 1. The number of nitrogens with one attached hydrogen (secondary N) is 3. The van der Waals surface area contributed by atoms with Gasteiger partial charge >= 0.3 is 0 Å². The smallest absolute Gasteiger partial charge is 0.216 e. The zero-order chi connectivity index (χ0) is 16.4. The molecule has 0 saturated heterocycles. The van der Waals surface area contributed by atoms with E-state index < -0.39 is 0 Å². The molecule has 0 aliphatic heterocycles. The first-order valence-electron chi connectivity index (χ1n) is 7.86. The van der Waals surface area contributed by atoms with Gasteiger partial charge in [-0.05, 0) is 19.4 Å². The van der Waals surface area contributed by atoms with Crippen molar-refractivity contribution >= 4 is 11.9 Å². The lowest BCUT2D eigenvalue weighted by Gasteiger charge is -2.14. The summed E-state index contributed by atoms with van der Waals surface area (Å²) in [5.74, 6) is 1.13. The summed E-state index contributed by atoms with van der Waals surface area (Å²) < 4.78 is 0. The molecule has 0 spiro atoms. The molecule has 0 aliphatic rings. The van der Waals surface area contributed by atoms with Gasteiger partial charge in [0.15, 0.2) is 5.96 Å². The van der Waals surface area contributed by atoms with Gasteiger partial charge in [-0.3, -0.25) is 9.79 Å². The van der Waals surface area contributed by atoms with Gasteiger partial charge in [-0.15, -0.1) is 0 Å². The molecule has 122 valence electrons. The SMILES string of the molecule is CCNC(=NCC(C)c1cccc(C)c1)NCCNC(C)=O. The molecule has 22 heavy (non-hydrogen) atoms. The highest BCUT2D eigenvalue weighted by Crippen LogP contribution is 2.16. The van der Waals surface area contributed by atoms with Crippen molar-refractivity contribution < 1.29 is 4.79 Å². The molecule has 0 radical (unpaired) electrons. The number of nitrogens with zero attached hydrogens (tertiary/aromatic N) is 1. The fourth-order valence-corrected chi connectivity index (χ4v) is 2.07. The molecular weight excluding hydrogens is 276 g/mol. The quantitative estimate of drug-likeness (QED) is 0.409. The minimum atomic E-state index is -0.0168. The first-order valence-corrected chi connectivity index (χ1v) is 7.86. The topological polar surface area (TPSA) is 65.5 Å². The molecular formula is C17H28N4O. The predicted octanol–water partition coefficient (Wildman–Crippen LogP) is 1.79. The summed E-state index contributed by atoms with van der Waals surface area (Å²) in [5, 5.41) is 9.19. The fraction of sp³-hybridized carbons (Fsp3) is 0.529. The Labute approximate surface area is 133 Å². The second-order valence-corrected chi connectivity index (χ2v) is 5.44. The molecule has 0 bridgehead atoms. The van der Waals surface area contributed by atoms with Gasteiger partial charge in [-0.1, -0.05) is 36.8 Å². The van der Waals surface area contributed by atoms with Crippen LogP contribution in [-0.2, 0) is 4.79 Å².